The van der Waals surface area contributed by atoms with Crippen LogP contribution >= 0.6 is 15.9 Å². The zero-order valence-electron chi connectivity index (χ0n) is 12.8. The van der Waals surface area contributed by atoms with Crippen LogP contribution in [0.2, 0.25) is 0 Å². The van der Waals surface area contributed by atoms with E-state index in [0.29, 0.717) is 23.1 Å². The van der Waals surface area contributed by atoms with E-state index in [1.807, 2.05) is 0 Å². The highest BCUT2D eigenvalue weighted by Crippen LogP contribution is 2.20. The van der Waals surface area contributed by atoms with Gasteiger partial charge in [-0.25, -0.2) is 12.8 Å². The van der Waals surface area contributed by atoms with Crippen molar-refractivity contribution in [3.63, 3.8) is 0 Å². The van der Waals surface area contributed by atoms with Crippen molar-refractivity contribution in [2.24, 2.45) is 0 Å². The standard InChI is InChI=1S/C16H16BrFN2O3S/c17-13-4-3-12(15(18)9-13)10-19-11-14(5-6-16(19)21)24(22,23)20-7-1-2-8-20/h3-6,9,11H,1-2,7-8,10H2. The molecule has 2 aromatic rings. The molecule has 0 saturated carbocycles. The minimum Gasteiger partial charge on any atom is -0.310 e. The van der Waals surface area contributed by atoms with Crippen LogP contribution in [0, 0.1) is 5.82 Å². The highest BCUT2D eigenvalue weighted by atomic mass is 79.9. The quantitative estimate of drug-likeness (QED) is 0.772. The number of rotatable bonds is 4. The Hall–Kier alpha value is -1.51. The van der Waals surface area contributed by atoms with Gasteiger partial charge in [0.25, 0.3) is 5.56 Å². The van der Waals surface area contributed by atoms with Crippen molar-refractivity contribution in [1.82, 2.24) is 8.87 Å². The lowest BCUT2D eigenvalue weighted by Gasteiger charge is -2.16. The van der Waals surface area contributed by atoms with Crippen LogP contribution in [0.1, 0.15) is 18.4 Å². The van der Waals surface area contributed by atoms with E-state index in [4.69, 9.17) is 0 Å². The van der Waals surface area contributed by atoms with E-state index in [9.17, 15) is 17.6 Å². The Balaban J connectivity index is 1.96. The molecule has 0 spiro atoms. The summed E-state index contributed by atoms with van der Waals surface area (Å²) in [6.07, 6.45) is 2.96. The van der Waals surface area contributed by atoms with E-state index in [2.05, 4.69) is 15.9 Å². The van der Waals surface area contributed by atoms with Gasteiger partial charge in [-0.15, -0.1) is 0 Å². The highest BCUT2D eigenvalue weighted by Gasteiger charge is 2.27. The fourth-order valence-corrected chi connectivity index (χ4v) is 4.57. The summed E-state index contributed by atoms with van der Waals surface area (Å²) in [6.45, 7) is 0.951. The van der Waals surface area contributed by atoms with Crippen LogP contribution in [0.15, 0.2) is 50.7 Å². The van der Waals surface area contributed by atoms with Crippen LogP contribution in [-0.2, 0) is 16.6 Å². The van der Waals surface area contributed by atoms with Crippen molar-refractivity contribution in [1.29, 1.82) is 0 Å². The molecule has 0 aliphatic carbocycles. The van der Waals surface area contributed by atoms with Gasteiger partial charge in [0.1, 0.15) is 5.82 Å². The largest absolute Gasteiger partial charge is 0.310 e. The Morgan fingerprint density at radius 3 is 2.50 bits per heavy atom. The molecule has 1 aliphatic rings. The topological polar surface area (TPSA) is 59.4 Å². The van der Waals surface area contributed by atoms with Gasteiger partial charge in [-0.3, -0.25) is 4.79 Å². The summed E-state index contributed by atoms with van der Waals surface area (Å²) in [5.41, 5.74) is -0.0614. The lowest BCUT2D eigenvalue weighted by molar-refractivity contribution is 0.476. The predicted molar refractivity (Wildman–Crippen MR) is 91.9 cm³/mol. The summed E-state index contributed by atoms with van der Waals surface area (Å²) in [5, 5.41) is 0. The molecule has 24 heavy (non-hydrogen) atoms. The van der Waals surface area contributed by atoms with E-state index < -0.39 is 15.8 Å². The molecule has 1 aromatic carbocycles. The van der Waals surface area contributed by atoms with Gasteiger partial charge in [-0.05, 0) is 31.0 Å². The second-order valence-corrected chi connectivity index (χ2v) is 8.53. The van der Waals surface area contributed by atoms with Gasteiger partial charge in [-0.2, -0.15) is 4.31 Å². The van der Waals surface area contributed by atoms with Crippen LogP contribution < -0.4 is 5.56 Å². The number of aromatic nitrogens is 1. The molecule has 2 heterocycles. The maximum Gasteiger partial charge on any atom is 0.250 e. The number of benzene rings is 1. The van der Waals surface area contributed by atoms with Crippen molar-refractivity contribution >= 4 is 26.0 Å². The summed E-state index contributed by atoms with van der Waals surface area (Å²) in [6, 6.07) is 7.07. The molecule has 1 aromatic heterocycles. The zero-order valence-corrected chi connectivity index (χ0v) is 15.2. The molecule has 128 valence electrons. The molecule has 0 atom stereocenters. The highest BCUT2D eigenvalue weighted by molar-refractivity contribution is 9.10. The Morgan fingerprint density at radius 1 is 1.12 bits per heavy atom. The number of sulfonamides is 1. The summed E-state index contributed by atoms with van der Waals surface area (Å²) in [4.78, 5) is 12.1. The first-order chi connectivity index (χ1) is 11.4. The first-order valence-corrected chi connectivity index (χ1v) is 9.76. The van der Waals surface area contributed by atoms with E-state index in [0.717, 1.165) is 12.8 Å². The fourth-order valence-electron chi connectivity index (χ4n) is 2.70. The maximum atomic E-state index is 14.0. The second-order valence-electron chi connectivity index (χ2n) is 5.68. The molecule has 5 nitrogen and oxygen atoms in total. The number of halogens is 2. The molecular formula is C16H16BrFN2O3S. The number of pyridine rings is 1. The minimum atomic E-state index is -3.61. The first kappa shape index (κ1) is 17.3. The summed E-state index contributed by atoms with van der Waals surface area (Å²) >= 11 is 3.18. The van der Waals surface area contributed by atoms with Gasteiger partial charge >= 0.3 is 0 Å². The number of nitrogens with zero attached hydrogens (tertiary/aromatic N) is 2. The van der Waals surface area contributed by atoms with Crippen molar-refractivity contribution in [2.75, 3.05) is 13.1 Å². The minimum absolute atomic E-state index is 0.0265. The van der Waals surface area contributed by atoms with E-state index in [-0.39, 0.29) is 17.0 Å². The molecule has 1 fully saturated rings. The van der Waals surface area contributed by atoms with Crippen molar-refractivity contribution < 1.29 is 12.8 Å². The molecule has 1 aliphatic heterocycles. The molecule has 8 heteroatoms. The van der Waals surface area contributed by atoms with Crippen LogP contribution in [0.3, 0.4) is 0 Å². The lowest BCUT2D eigenvalue weighted by atomic mass is 10.2. The molecule has 0 N–H and O–H groups in total. The Kier molecular flexibility index (Phi) is 4.89. The van der Waals surface area contributed by atoms with Gasteiger partial charge in [0.15, 0.2) is 0 Å². The molecular weight excluding hydrogens is 399 g/mol. The van der Waals surface area contributed by atoms with Crippen LogP contribution in [0.4, 0.5) is 4.39 Å². The third-order valence-electron chi connectivity index (χ3n) is 4.01. The molecule has 3 rings (SSSR count). The summed E-state index contributed by atoms with van der Waals surface area (Å²) in [7, 11) is -3.61. The van der Waals surface area contributed by atoms with Gasteiger partial charge < -0.3 is 4.57 Å². The molecule has 0 unspecified atom stereocenters. The average Bonchev–Trinajstić information content (AvgIpc) is 3.07. The predicted octanol–water partition coefficient (Wildman–Crippen LogP) is 2.58. The van der Waals surface area contributed by atoms with Gasteiger partial charge in [-0.1, -0.05) is 22.0 Å². The van der Waals surface area contributed by atoms with Crippen LogP contribution in [0.25, 0.3) is 0 Å². The zero-order chi connectivity index (χ0) is 17.3. The van der Waals surface area contributed by atoms with Crippen molar-refractivity contribution in [2.45, 2.75) is 24.3 Å². The maximum absolute atomic E-state index is 14.0. The first-order valence-electron chi connectivity index (χ1n) is 7.52. The van der Waals surface area contributed by atoms with Gasteiger partial charge in [0, 0.05) is 35.4 Å². The second kappa shape index (κ2) is 6.78. The van der Waals surface area contributed by atoms with Crippen LogP contribution in [-0.4, -0.2) is 30.4 Å². The molecule has 0 radical (unpaired) electrons. The Morgan fingerprint density at radius 2 is 1.83 bits per heavy atom. The molecule has 0 bridgehead atoms. The van der Waals surface area contributed by atoms with Gasteiger partial charge in [0.05, 0.1) is 11.4 Å². The van der Waals surface area contributed by atoms with Crippen molar-refractivity contribution in [3.05, 3.63) is 62.7 Å². The van der Waals surface area contributed by atoms with Crippen LogP contribution in [0.5, 0.6) is 0 Å². The Labute approximate surface area is 147 Å². The molecule has 1 saturated heterocycles. The number of hydrogen-bond donors (Lipinski definition) is 0. The summed E-state index contributed by atoms with van der Waals surface area (Å²) < 4.78 is 42.4. The Bertz CT molecular complexity index is 921. The van der Waals surface area contributed by atoms with Crippen molar-refractivity contribution in [3.8, 4) is 0 Å². The third kappa shape index (κ3) is 3.45. The third-order valence-corrected chi connectivity index (χ3v) is 6.39. The monoisotopic (exact) mass is 414 g/mol. The average molecular weight is 415 g/mol. The summed E-state index contributed by atoms with van der Waals surface area (Å²) in [5.74, 6) is -0.455. The SMILES string of the molecule is O=c1ccc(S(=O)(=O)N2CCCC2)cn1Cc1ccc(Br)cc1F. The fraction of sp³-hybridized carbons (Fsp3) is 0.312. The lowest BCUT2D eigenvalue weighted by Crippen LogP contribution is -2.29. The number of hydrogen-bond acceptors (Lipinski definition) is 3. The van der Waals surface area contributed by atoms with E-state index in [1.165, 1.54) is 33.3 Å². The van der Waals surface area contributed by atoms with E-state index in [1.54, 1.807) is 12.1 Å². The van der Waals surface area contributed by atoms with E-state index >= 15 is 0 Å². The van der Waals surface area contributed by atoms with Gasteiger partial charge in [0.2, 0.25) is 10.0 Å². The smallest absolute Gasteiger partial charge is 0.250 e. The molecule has 0 amide bonds. The normalized spacial score (nSPS) is 15.8.